The highest BCUT2D eigenvalue weighted by Crippen LogP contribution is 2.56. The summed E-state index contributed by atoms with van der Waals surface area (Å²) in [5.41, 5.74) is -0.320. The monoisotopic (exact) mass is 276 g/mol. The SMILES string of the molecule is C=CC1(C)C(O)C2OC(=O)C(=C)C2C2OC(=O)C(=C)C21. The molecule has 0 amide bonds. The zero-order valence-electron chi connectivity index (χ0n) is 11.2. The van der Waals surface area contributed by atoms with Crippen molar-refractivity contribution in [2.45, 2.75) is 25.2 Å². The van der Waals surface area contributed by atoms with Crippen LogP contribution in [0.15, 0.2) is 37.0 Å². The number of ether oxygens (including phenoxy) is 2. The Morgan fingerprint density at radius 1 is 1.15 bits per heavy atom. The Kier molecular flexibility index (Phi) is 2.51. The van der Waals surface area contributed by atoms with Gasteiger partial charge in [-0.2, -0.15) is 0 Å². The van der Waals surface area contributed by atoms with E-state index in [2.05, 4.69) is 19.7 Å². The normalized spacial score (nSPS) is 46.6. The predicted molar refractivity (Wildman–Crippen MR) is 69.3 cm³/mol. The number of hydrogen-bond acceptors (Lipinski definition) is 5. The summed E-state index contributed by atoms with van der Waals surface area (Å²) < 4.78 is 10.6. The van der Waals surface area contributed by atoms with Crippen LogP contribution in [0.3, 0.4) is 0 Å². The third-order valence-electron chi connectivity index (χ3n) is 4.88. The molecule has 0 aromatic heterocycles. The smallest absolute Gasteiger partial charge is 0.334 e. The predicted octanol–water partition coefficient (Wildman–Crippen LogP) is 0.749. The molecule has 1 N–H and O–H groups in total. The van der Waals surface area contributed by atoms with Gasteiger partial charge < -0.3 is 14.6 Å². The lowest BCUT2D eigenvalue weighted by Gasteiger charge is -2.47. The number of rotatable bonds is 1. The summed E-state index contributed by atoms with van der Waals surface area (Å²) in [5, 5.41) is 10.6. The Bertz CT molecular complexity index is 563. The molecule has 2 aliphatic heterocycles. The molecule has 0 bridgehead atoms. The highest BCUT2D eigenvalue weighted by molar-refractivity contribution is 5.94. The third kappa shape index (κ3) is 1.31. The zero-order valence-corrected chi connectivity index (χ0v) is 11.2. The first-order chi connectivity index (χ1) is 9.32. The molecule has 1 aliphatic carbocycles. The van der Waals surface area contributed by atoms with Crippen molar-refractivity contribution >= 4 is 11.9 Å². The second kappa shape index (κ2) is 3.82. The Balaban J connectivity index is 2.15. The number of aliphatic hydroxyl groups excluding tert-OH is 1. The fourth-order valence-electron chi connectivity index (χ4n) is 3.64. The summed E-state index contributed by atoms with van der Waals surface area (Å²) in [6.45, 7) is 13.0. The van der Waals surface area contributed by atoms with Crippen molar-refractivity contribution in [3.05, 3.63) is 37.0 Å². The molecule has 3 rings (SSSR count). The van der Waals surface area contributed by atoms with Crippen LogP contribution in [-0.4, -0.2) is 35.4 Å². The van der Waals surface area contributed by atoms with Crippen molar-refractivity contribution in [1.82, 2.24) is 0 Å². The Morgan fingerprint density at radius 3 is 2.30 bits per heavy atom. The number of carbonyl (C=O) groups is 2. The molecular weight excluding hydrogens is 260 g/mol. The van der Waals surface area contributed by atoms with Gasteiger partial charge in [-0.05, 0) is 0 Å². The van der Waals surface area contributed by atoms with Crippen molar-refractivity contribution in [2.75, 3.05) is 0 Å². The van der Waals surface area contributed by atoms with Crippen LogP contribution >= 0.6 is 0 Å². The Labute approximate surface area is 116 Å². The number of fused-ring (bicyclic) bond motifs is 3. The minimum Gasteiger partial charge on any atom is -0.458 e. The molecule has 6 unspecified atom stereocenters. The summed E-state index contributed by atoms with van der Waals surface area (Å²) in [6.07, 6.45) is -0.767. The second-order valence-corrected chi connectivity index (χ2v) is 5.81. The van der Waals surface area contributed by atoms with Crippen molar-refractivity contribution in [2.24, 2.45) is 17.3 Å². The van der Waals surface area contributed by atoms with E-state index in [1.807, 2.05) is 0 Å². The number of esters is 2. The van der Waals surface area contributed by atoms with Crippen molar-refractivity contribution in [3.63, 3.8) is 0 Å². The van der Waals surface area contributed by atoms with Crippen LogP contribution in [0.2, 0.25) is 0 Å². The summed E-state index contributed by atoms with van der Waals surface area (Å²) in [4.78, 5) is 23.5. The van der Waals surface area contributed by atoms with Crippen LogP contribution in [0.25, 0.3) is 0 Å². The minimum absolute atomic E-state index is 0.234. The first-order valence-electron chi connectivity index (χ1n) is 6.44. The van der Waals surface area contributed by atoms with Crippen LogP contribution in [0.4, 0.5) is 0 Å². The van der Waals surface area contributed by atoms with Crippen molar-refractivity contribution in [3.8, 4) is 0 Å². The second-order valence-electron chi connectivity index (χ2n) is 5.81. The molecule has 0 radical (unpaired) electrons. The van der Waals surface area contributed by atoms with E-state index in [9.17, 15) is 14.7 Å². The summed E-state index contributed by atoms with van der Waals surface area (Å²) in [6, 6.07) is 0. The van der Waals surface area contributed by atoms with E-state index in [0.29, 0.717) is 5.57 Å². The lowest BCUT2D eigenvalue weighted by molar-refractivity contribution is -0.168. The van der Waals surface area contributed by atoms with E-state index < -0.39 is 47.5 Å². The van der Waals surface area contributed by atoms with Gasteiger partial charge in [0.05, 0.1) is 5.92 Å². The standard InChI is InChI=1S/C15H16O5/c1-5-15(4)9-7(3)14(18)19-10(9)8-6(2)13(17)20-11(8)12(15)16/h5,8-12,16H,1-3H2,4H3. The molecule has 106 valence electrons. The zero-order chi connectivity index (χ0) is 14.8. The van der Waals surface area contributed by atoms with Gasteiger partial charge in [-0.3, -0.25) is 0 Å². The topological polar surface area (TPSA) is 72.8 Å². The van der Waals surface area contributed by atoms with E-state index in [4.69, 9.17) is 9.47 Å². The maximum atomic E-state index is 11.8. The molecule has 2 saturated heterocycles. The van der Waals surface area contributed by atoms with Crippen LogP contribution in [0.5, 0.6) is 0 Å². The molecule has 5 heteroatoms. The van der Waals surface area contributed by atoms with Crippen LogP contribution in [0, 0.1) is 17.3 Å². The Hall–Kier alpha value is -1.88. The van der Waals surface area contributed by atoms with Gasteiger partial charge in [0, 0.05) is 22.5 Å². The molecule has 0 aromatic rings. The lowest BCUT2D eigenvalue weighted by atomic mass is 9.58. The maximum Gasteiger partial charge on any atom is 0.334 e. The van der Waals surface area contributed by atoms with Crippen LogP contribution in [-0.2, 0) is 19.1 Å². The highest BCUT2D eigenvalue weighted by Gasteiger charge is 2.65. The van der Waals surface area contributed by atoms with Gasteiger partial charge in [-0.1, -0.05) is 26.2 Å². The average molecular weight is 276 g/mol. The molecule has 3 fully saturated rings. The molecular formula is C15H16O5. The molecule has 6 atom stereocenters. The van der Waals surface area contributed by atoms with E-state index in [1.165, 1.54) is 0 Å². The molecule has 20 heavy (non-hydrogen) atoms. The fourth-order valence-corrected chi connectivity index (χ4v) is 3.64. The molecule has 3 aliphatic rings. The van der Waals surface area contributed by atoms with Crippen molar-refractivity contribution < 1.29 is 24.2 Å². The number of carbonyl (C=O) groups excluding carboxylic acids is 2. The largest absolute Gasteiger partial charge is 0.458 e. The summed E-state index contributed by atoms with van der Waals surface area (Å²) in [5.74, 6) is -2.03. The molecule has 0 spiro atoms. The Morgan fingerprint density at radius 2 is 1.70 bits per heavy atom. The van der Waals surface area contributed by atoms with Gasteiger partial charge in [0.15, 0.2) is 0 Å². The third-order valence-corrected chi connectivity index (χ3v) is 4.88. The van der Waals surface area contributed by atoms with Gasteiger partial charge >= 0.3 is 11.9 Å². The number of hydrogen-bond donors (Lipinski definition) is 1. The molecule has 5 nitrogen and oxygen atoms in total. The van der Waals surface area contributed by atoms with Crippen LogP contribution < -0.4 is 0 Å². The van der Waals surface area contributed by atoms with E-state index in [-0.39, 0.29) is 5.57 Å². The van der Waals surface area contributed by atoms with E-state index >= 15 is 0 Å². The lowest BCUT2D eigenvalue weighted by Crippen LogP contribution is -2.57. The minimum atomic E-state index is -0.985. The molecule has 2 heterocycles. The van der Waals surface area contributed by atoms with Gasteiger partial charge in [0.25, 0.3) is 0 Å². The molecule has 1 saturated carbocycles. The first kappa shape index (κ1) is 13.1. The number of aliphatic hydroxyl groups is 1. The average Bonchev–Trinajstić information content (AvgIpc) is 2.87. The summed E-state index contributed by atoms with van der Waals surface area (Å²) in [7, 11) is 0. The summed E-state index contributed by atoms with van der Waals surface area (Å²) >= 11 is 0. The maximum absolute atomic E-state index is 11.8. The van der Waals surface area contributed by atoms with Crippen molar-refractivity contribution in [1.29, 1.82) is 0 Å². The van der Waals surface area contributed by atoms with Gasteiger partial charge in [-0.25, -0.2) is 9.59 Å². The van der Waals surface area contributed by atoms with Gasteiger partial charge in [-0.15, -0.1) is 6.58 Å². The van der Waals surface area contributed by atoms with E-state index in [1.54, 1.807) is 13.0 Å². The highest BCUT2D eigenvalue weighted by atomic mass is 16.6. The van der Waals surface area contributed by atoms with Crippen LogP contribution in [0.1, 0.15) is 6.92 Å². The van der Waals surface area contributed by atoms with Gasteiger partial charge in [0.1, 0.15) is 18.3 Å². The van der Waals surface area contributed by atoms with E-state index in [0.717, 1.165) is 0 Å². The first-order valence-corrected chi connectivity index (χ1v) is 6.44. The quantitative estimate of drug-likeness (QED) is 0.434. The molecule has 0 aromatic carbocycles. The van der Waals surface area contributed by atoms with Gasteiger partial charge in [0.2, 0.25) is 0 Å². The fraction of sp³-hybridized carbons (Fsp3) is 0.467.